The van der Waals surface area contributed by atoms with Crippen molar-refractivity contribution in [3.63, 3.8) is 0 Å². The standard InChI is InChI=1S/C15H20F3N3O3S.ClH/c1-9(14(22)20-8-12(19)10-6-7-10)21-25(23,24)13-5-3-2-4-11(13)15(16,17)18;/h2-5,9-10,12,21H,6-8,19H2,1H3,(H,20,22);1H. The van der Waals surface area contributed by atoms with E-state index >= 15 is 0 Å². The van der Waals surface area contributed by atoms with E-state index in [1.165, 1.54) is 13.0 Å². The van der Waals surface area contributed by atoms with Gasteiger partial charge in [0.25, 0.3) is 0 Å². The lowest BCUT2D eigenvalue weighted by atomic mass is 10.2. The molecule has 11 heteroatoms. The first-order valence-corrected chi connectivity index (χ1v) is 9.22. The van der Waals surface area contributed by atoms with Gasteiger partial charge < -0.3 is 11.1 Å². The van der Waals surface area contributed by atoms with Gasteiger partial charge in [-0.3, -0.25) is 4.79 Å². The Hall–Kier alpha value is -1.36. The zero-order valence-corrected chi connectivity index (χ0v) is 15.5. The van der Waals surface area contributed by atoms with Crippen molar-refractivity contribution in [1.29, 1.82) is 0 Å². The van der Waals surface area contributed by atoms with Gasteiger partial charge in [-0.2, -0.15) is 17.9 Å². The monoisotopic (exact) mass is 415 g/mol. The number of alkyl halides is 3. The minimum absolute atomic E-state index is 0. The smallest absolute Gasteiger partial charge is 0.353 e. The lowest BCUT2D eigenvalue weighted by molar-refractivity contribution is -0.139. The molecule has 1 amide bonds. The molecular formula is C15H21ClF3N3O3S. The number of carbonyl (C=O) groups excluding carboxylic acids is 1. The summed E-state index contributed by atoms with van der Waals surface area (Å²) in [6.07, 6.45) is -2.84. The molecule has 2 atom stereocenters. The summed E-state index contributed by atoms with van der Waals surface area (Å²) < 4.78 is 65.4. The third-order valence-corrected chi connectivity index (χ3v) is 5.55. The fraction of sp³-hybridized carbons (Fsp3) is 0.533. The van der Waals surface area contributed by atoms with Crippen molar-refractivity contribution >= 4 is 28.3 Å². The second-order valence-electron chi connectivity index (χ2n) is 6.08. The fourth-order valence-corrected chi connectivity index (χ4v) is 3.78. The molecular weight excluding hydrogens is 395 g/mol. The van der Waals surface area contributed by atoms with E-state index in [1.54, 1.807) is 0 Å². The first-order valence-electron chi connectivity index (χ1n) is 7.74. The molecule has 0 radical (unpaired) electrons. The number of carbonyl (C=O) groups is 1. The molecule has 0 bridgehead atoms. The maximum atomic E-state index is 13.0. The number of amides is 1. The van der Waals surface area contributed by atoms with Crippen LogP contribution >= 0.6 is 12.4 Å². The molecule has 0 spiro atoms. The first kappa shape index (κ1) is 22.7. The highest BCUT2D eigenvalue weighted by atomic mass is 35.5. The van der Waals surface area contributed by atoms with E-state index in [2.05, 4.69) is 5.32 Å². The molecule has 1 fully saturated rings. The number of benzene rings is 1. The van der Waals surface area contributed by atoms with Crippen molar-refractivity contribution in [2.75, 3.05) is 6.54 Å². The highest BCUT2D eigenvalue weighted by molar-refractivity contribution is 7.89. The molecule has 1 saturated carbocycles. The van der Waals surface area contributed by atoms with Crippen LogP contribution in [0.1, 0.15) is 25.3 Å². The van der Waals surface area contributed by atoms with Crippen molar-refractivity contribution in [2.24, 2.45) is 11.7 Å². The van der Waals surface area contributed by atoms with Gasteiger partial charge >= 0.3 is 6.18 Å². The summed E-state index contributed by atoms with van der Waals surface area (Å²) in [5, 5.41) is 2.51. The molecule has 2 unspecified atom stereocenters. The van der Waals surface area contributed by atoms with E-state index in [9.17, 15) is 26.4 Å². The second-order valence-corrected chi connectivity index (χ2v) is 7.77. The quantitative estimate of drug-likeness (QED) is 0.630. The molecule has 0 aromatic heterocycles. The van der Waals surface area contributed by atoms with Crippen LogP contribution in [0.25, 0.3) is 0 Å². The summed E-state index contributed by atoms with van der Waals surface area (Å²) in [5.74, 6) is -0.296. The molecule has 26 heavy (non-hydrogen) atoms. The van der Waals surface area contributed by atoms with Gasteiger partial charge in [-0.05, 0) is 37.8 Å². The van der Waals surface area contributed by atoms with Crippen LogP contribution in [0.5, 0.6) is 0 Å². The van der Waals surface area contributed by atoms with Crippen LogP contribution in [-0.4, -0.2) is 33.0 Å². The lowest BCUT2D eigenvalue weighted by Gasteiger charge is -2.18. The Morgan fingerprint density at radius 2 is 1.88 bits per heavy atom. The maximum Gasteiger partial charge on any atom is 0.417 e. The summed E-state index contributed by atoms with van der Waals surface area (Å²) in [6.45, 7) is 1.44. The van der Waals surface area contributed by atoms with E-state index in [0.29, 0.717) is 12.0 Å². The van der Waals surface area contributed by atoms with E-state index < -0.39 is 38.6 Å². The number of hydrogen-bond acceptors (Lipinski definition) is 4. The van der Waals surface area contributed by atoms with Crippen molar-refractivity contribution in [2.45, 2.75) is 42.9 Å². The van der Waals surface area contributed by atoms with Crippen molar-refractivity contribution in [3.05, 3.63) is 29.8 Å². The Labute approximate surface area is 156 Å². The summed E-state index contributed by atoms with van der Waals surface area (Å²) in [4.78, 5) is 11.0. The molecule has 1 aromatic carbocycles. The Kier molecular flexibility index (Phi) is 7.46. The second kappa shape index (κ2) is 8.55. The van der Waals surface area contributed by atoms with Crippen LogP contribution in [-0.2, 0) is 21.0 Å². The van der Waals surface area contributed by atoms with Crippen LogP contribution in [0, 0.1) is 5.92 Å². The summed E-state index contributed by atoms with van der Waals surface area (Å²) >= 11 is 0. The van der Waals surface area contributed by atoms with Gasteiger partial charge in [0.2, 0.25) is 15.9 Å². The van der Waals surface area contributed by atoms with Crippen molar-refractivity contribution in [3.8, 4) is 0 Å². The Bertz CT molecular complexity index is 739. The van der Waals surface area contributed by atoms with Gasteiger partial charge in [-0.15, -0.1) is 12.4 Å². The number of hydrogen-bond donors (Lipinski definition) is 3. The SMILES string of the molecule is CC(NS(=O)(=O)c1ccccc1C(F)(F)F)C(=O)NCC(N)C1CC1.Cl. The molecule has 2 rings (SSSR count). The third-order valence-electron chi connectivity index (χ3n) is 3.95. The van der Waals surface area contributed by atoms with E-state index in [-0.39, 0.29) is 25.0 Å². The van der Waals surface area contributed by atoms with E-state index in [4.69, 9.17) is 5.73 Å². The molecule has 148 valence electrons. The normalized spacial score (nSPS) is 17.1. The fourth-order valence-electron chi connectivity index (χ4n) is 2.35. The van der Waals surface area contributed by atoms with Gasteiger partial charge in [0.1, 0.15) is 0 Å². The van der Waals surface area contributed by atoms with Gasteiger partial charge in [0, 0.05) is 12.6 Å². The van der Waals surface area contributed by atoms with E-state index in [1.807, 2.05) is 4.72 Å². The largest absolute Gasteiger partial charge is 0.417 e. The number of sulfonamides is 1. The maximum absolute atomic E-state index is 13.0. The van der Waals surface area contributed by atoms with Crippen LogP contribution in [0.4, 0.5) is 13.2 Å². The van der Waals surface area contributed by atoms with Crippen molar-refractivity contribution in [1.82, 2.24) is 10.0 Å². The predicted molar refractivity (Wildman–Crippen MR) is 92.2 cm³/mol. The lowest BCUT2D eigenvalue weighted by Crippen LogP contribution is -2.48. The highest BCUT2D eigenvalue weighted by Gasteiger charge is 2.37. The zero-order valence-electron chi connectivity index (χ0n) is 13.9. The van der Waals surface area contributed by atoms with Crippen LogP contribution < -0.4 is 15.8 Å². The first-order chi connectivity index (χ1) is 11.5. The average Bonchev–Trinajstić information content (AvgIpc) is 3.35. The third kappa shape index (κ3) is 5.83. The molecule has 0 saturated heterocycles. The minimum atomic E-state index is -4.83. The number of rotatable bonds is 7. The minimum Gasteiger partial charge on any atom is -0.353 e. The molecule has 0 aliphatic heterocycles. The summed E-state index contributed by atoms with van der Waals surface area (Å²) in [7, 11) is -4.52. The topological polar surface area (TPSA) is 101 Å². The van der Waals surface area contributed by atoms with Crippen molar-refractivity contribution < 1.29 is 26.4 Å². The summed E-state index contributed by atoms with van der Waals surface area (Å²) in [6, 6.07) is 2.35. The Balaban J connectivity index is 0.00000338. The molecule has 4 N–H and O–H groups in total. The molecule has 0 heterocycles. The molecule has 1 aliphatic rings. The molecule has 1 aliphatic carbocycles. The number of nitrogens with two attached hydrogens (primary N) is 1. The molecule has 1 aromatic rings. The van der Waals surface area contributed by atoms with Crippen LogP contribution in [0.15, 0.2) is 29.2 Å². The number of halogens is 4. The number of nitrogens with one attached hydrogen (secondary N) is 2. The predicted octanol–water partition coefficient (Wildman–Crippen LogP) is 1.65. The summed E-state index contributed by atoms with van der Waals surface area (Å²) in [5.41, 5.74) is 4.55. The average molecular weight is 416 g/mol. The zero-order chi connectivity index (χ0) is 18.8. The van der Waals surface area contributed by atoms with E-state index in [0.717, 1.165) is 25.0 Å². The Morgan fingerprint density at radius 3 is 2.42 bits per heavy atom. The van der Waals surface area contributed by atoms with Gasteiger partial charge in [-0.1, -0.05) is 12.1 Å². The Morgan fingerprint density at radius 1 is 1.31 bits per heavy atom. The van der Waals surface area contributed by atoms with Crippen LogP contribution in [0.2, 0.25) is 0 Å². The van der Waals surface area contributed by atoms with Gasteiger partial charge in [-0.25, -0.2) is 8.42 Å². The van der Waals surface area contributed by atoms with Gasteiger partial charge in [0.05, 0.1) is 16.5 Å². The molecule has 6 nitrogen and oxygen atoms in total. The van der Waals surface area contributed by atoms with Crippen LogP contribution in [0.3, 0.4) is 0 Å². The highest BCUT2D eigenvalue weighted by Crippen LogP contribution is 2.34. The van der Waals surface area contributed by atoms with Gasteiger partial charge in [0.15, 0.2) is 0 Å².